The summed E-state index contributed by atoms with van der Waals surface area (Å²) in [6.07, 6.45) is 0.550. The van der Waals surface area contributed by atoms with Crippen molar-refractivity contribution in [2.75, 3.05) is 20.3 Å². The molecule has 1 aliphatic heterocycles. The summed E-state index contributed by atoms with van der Waals surface area (Å²) < 4.78 is 11.2. The van der Waals surface area contributed by atoms with Crippen LogP contribution in [0.5, 0.6) is 11.5 Å². The lowest BCUT2D eigenvalue weighted by Crippen LogP contribution is -2.31. The zero-order valence-corrected chi connectivity index (χ0v) is 25.2. The number of aliphatic hydroxyl groups is 1. The van der Waals surface area contributed by atoms with Crippen LogP contribution in [0.4, 0.5) is 0 Å². The van der Waals surface area contributed by atoms with Gasteiger partial charge in [0.05, 0.1) is 25.3 Å². The number of carbonyl (C=O) groups excluding carboxylic acids is 2. The van der Waals surface area contributed by atoms with Crippen molar-refractivity contribution >= 4 is 17.4 Å². The molecule has 0 saturated carbocycles. The average Bonchev–Trinajstić information content (AvgIpc) is 3.19. The summed E-state index contributed by atoms with van der Waals surface area (Å²) in [7, 11) is 1.62. The molecule has 1 amide bonds. The van der Waals surface area contributed by atoms with Crippen molar-refractivity contribution in [3.63, 3.8) is 0 Å². The molecule has 1 heterocycles. The van der Waals surface area contributed by atoms with Crippen molar-refractivity contribution in [2.24, 2.45) is 5.92 Å². The smallest absolute Gasteiger partial charge is 0.295 e. The molecular formula is C35H41NO5. The number of likely N-dealkylation sites (tertiary alicyclic amines) is 1. The maximum absolute atomic E-state index is 13.5. The van der Waals surface area contributed by atoms with Crippen LogP contribution in [0.15, 0.2) is 72.3 Å². The second-order valence-corrected chi connectivity index (χ2v) is 12.1. The standard InChI is InChI=1S/C35H41NO5/c1-22(2)21-41-29-17-12-26(20-23(29)3)32(37)30-31(25-10-13-27(14-11-25)35(4,5)6)36(34(39)33(30)38)19-18-24-8-15-28(40-7)16-9-24/h8-17,20,22,31,37H,18-19,21H2,1-7H3/b32-30-. The molecule has 4 rings (SSSR count). The average molecular weight is 556 g/mol. The highest BCUT2D eigenvalue weighted by Crippen LogP contribution is 2.40. The van der Waals surface area contributed by atoms with Gasteiger partial charge in [-0.25, -0.2) is 0 Å². The molecule has 0 spiro atoms. The van der Waals surface area contributed by atoms with Crippen LogP contribution in [0.1, 0.15) is 68.5 Å². The van der Waals surface area contributed by atoms with E-state index in [-0.39, 0.29) is 16.7 Å². The molecule has 216 valence electrons. The molecule has 0 aromatic heterocycles. The van der Waals surface area contributed by atoms with Crippen LogP contribution in [0.25, 0.3) is 5.76 Å². The van der Waals surface area contributed by atoms with E-state index in [4.69, 9.17) is 9.47 Å². The molecule has 1 fully saturated rings. The first-order valence-corrected chi connectivity index (χ1v) is 14.2. The minimum absolute atomic E-state index is 0.0500. The summed E-state index contributed by atoms with van der Waals surface area (Å²) in [6, 6.07) is 20.3. The van der Waals surface area contributed by atoms with E-state index >= 15 is 0 Å². The quantitative estimate of drug-likeness (QED) is 0.175. The third-order valence-corrected chi connectivity index (χ3v) is 7.45. The van der Waals surface area contributed by atoms with Crippen molar-refractivity contribution in [1.29, 1.82) is 0 Å². The Morgan fingerprint density at radius 2 is 1.63 bits per heavy atom. The predicted octanol–water partition coefficient (Wildman–Crippen LogP) is 7.00. The minimum atomic E-state index is -0.709. The first-order valence-electron chi connectivity index (χ1n) is 14.2. The molecule has 0 radical (unpaired) electrons. The number of aliphatic hydroxyl groups excluding tert-OH is 1. The van der Waals surface area contributed by atoms with Crippen LogP contribution in [-0.4, -0.2) is 42.0 Å². The Bertz CT molecular complexity index is 1430. The summed E-state index contributed by atoms with van der Waals surface area (Å²) in [5, 5.41) is 11.5. The lowest BCUT2D eigenvalue weighted by molar-refractivity contribution is -0.139. The summed E-state index contributed by atoms with van der Waals surface area (Å²) in [4.78, 5) is 28.5. The van der Waals surface area contributed by atoms with Gasteiger partial charge in [-0.1, -0.05) is 71.0 Å². The van der Waals surface area contributed by atoms with Crippen LogP contribution in [-0.2, 0) is 21.4 Å². The number of ether oxygens (including phenoxy) is 2. The Morgan fingerprint density at radius 1 is 0.976 bits per heavy atom. The van der Waals surface area contributed by atoms with Crippen LogP contribution < -0.4 is 9.47 Å². The summed E-state index contributed by atoms with van der Waals surface area (Å²) in [5.74, 6) is 0.381. The van der Waals surface area contributed by atoms with Gasteiger partial charge < -0.3 is 19.5 Å². The molecule has 1 N–H and O–H groups in total. The number of carbonyl (C=O) groups is 2. The lowest BCUT2D eigenvalue weighted by Gasteiger charge is -2.26. The molecular weight excluding hydrogens is 514 g/mol. The highest BCUT2D eigenvalue weighted by molar-refractivity contribution is 6.46. The molecule has 6 nitrogen and oxygen atoms in total. The van der Waals surface area contributed by atoms with E-state index in [9.17, 15) is 14.7 Å². The zero-order valence-electron chi connectivity index (χ0n) is 25.2. The molecule has 0 aliphatic carbocycles. The minimum Gasteiger partial charge on any atom is -0.507 e. The topological polar surface area (TPSA) is 76.1 Å². The van der Waals surface area contributed by atoms with Gasteiger partial charge >= 0.3 is 0 Å². The number of methoxy groups -OCH3 is 1. The van der Waals surface area contributed by atoms with Crippen LogP contribution in [0.2, 0.25) is 0 Å². The van der Waals surface area contributed by atoms with Crippen LogP contribution in [0, 0.1) is 12.8 Å². The van der Waals surface area contributed by atoms with E-state index in [2.05, 4.69) is 34.6 Å². The molecule has 1 aliphatic rings. The van der Waals surface area contributed by atoms with Crippen molar-refractivity contribution < 1.29 is 24.2 Å². The van der Waals surface area contributed by atoms with E-state index in [0.717, 1.165) is 33.8 Å². The maximum Gasteiger partial charge on any atom is 0.295 e. The number of ketones is 1. The third kappa shape index (κ3) is 6.64. The molecule has 3 aromatic carbocycles. The van der Waals surface area contributed by atoms with Crippen molar-refractivity contribution in [3.05, 3.63) is 100 Å². The Hall–Kier alpha value is -4.06. The highest BCUT2D eigenvalue weighted by atomic mass is 16.5. The second kappa shape index (κ2) is 12.2. The first-order chi connectivity index (χ1) is 19.4. The molecule has 1 atom stereocenters. The van der Waals surface area contributed by atoms with Crippen molar-refractivity contribution in [3.8, 4) is 11.5 Å². The number of benzene rings is 3. The summed E-state index contributed by atoms with van der Waals surface area (Å²) in [5.41, 5.74) is 4.31. The fourth-order valence-electron chi connectivity index (χ4n) is 5.03. The third-order valence-electron chi connectivity index (χ3n) is 7.45. The van der Waals surface area contributed by atoms with E-state index in [1.807, 2.05) is 55.5 Å². The molecule has 3 aromatic rings. The maximum atomic E-state index is 13.5. The predicted molar refractivity (Wildman–Crippen MR) is 162 cm³/mol. The number of Topliss-reactive ketones (excluding diaryl/α,β-unsaturated/α-hetero) is 1. The van der Waals surface area contributed by atoms with Gasteiger partial charge in [-0.05, 0) is 77.3 Å². The molecule has 1 unspecified atom stereocenters. The van der Waals surface area contributed by atoms with Crippen LogP contribution in [0.3, 0.4) is 0 Å². The summed E-state index contributed by atoms with van der Waals surface area (Å²) in [6.45, 7) is 13.4. The number of hydrogen-bond acceptors (Lipinski definition) is 5. The number of rotatable bonds is 9. The largest absolute Gasteiger partial charge is 0.507 e. The zero-order chi connectivity index (χ0) is 29.9. The molecule has 1 saturated heterocycles. The molecule has 0 bridgehead atoms. The van der Waals surface area contributed by atoms with E-state index in [1.165, 1.54) is 0 Å². The Balaban J connectivity index is 1.74. The fourth-order valence-corrected chi connectivity index (χ4v) is 5.03. The van der Waals surface area contributed by atoms with Gasteiger partial charge in [-0.2, -0.15) is 0 Å². The van der Waals surface area contributed by atoms with E-state index in [0.29, 0.717) is 31.1 Å². The SMILES string of the molecule is COc1ccc(CCN2C(=O)C(=O)/C(=C(\O)c3ccc(OCC(C)C)c(C)c3)C2c2ccc(C(C)(C)C)cc2)cc1. The number of aryl methyl sites for hydroxylation is 1. The number of amides is 1. The molecule has 6 heteroatoms. The van der Waals surface area contributed by atoms with Crippen LogP contribution >= 0.6 is 0 Å². The lowest BCUT2D eigenvalue weighted by atomic mass is 9.85. The monoisotopic (exact) mass is 555 g/mol. The first kappa shape index (κ1) is 29.9. The van der Waals surface area contributed by atoms with Crippen molar-refractivity contribution in [2.45, 2.75) is 59.4 Å². The highest BCUT2D eigenvalue weighted by Gasteiger charge is 2.46. The van der Waals surface area contributed by atoms with Gasteiger partial charge in [0.1, 0.15) is 17.3 Å². The van der Waals surface area contributed by atoms with Gasteiger partial charge in [0.2, 0.25) is 0 Å². The second-order valence-electron chi connectivity index (χ2n) is 12.1. The normalized spacial score (nSPS) is 16.9. The Labute approximate surface area is 243 Å². The molecule has 41 heavy (non-hydrogen) atoms. The van der Waals surface area contributed by atoms with Gasteiger partial charge in [0.25, 0.3) is 11.7 Å². The van der Waals surface area contributed by atoms with Gasteiger partial charge in [-0.3, -0.25) is 9.59 Å². The van der Waals surface area contributed by atoms with E-state index < -0.39 is 17.7 Å². The van der Waals surface area contributed by atoms with E-state index in [1.54, 1.807) is 30.2 Å². The van der Waals surface area contributed by atoms with Gasteiger partial charge in [0, 0.05) is 12.1 Å². The van der Waals surface area contributed by atoms with Gasteiger partial charge in [-0.15, -0.1) is 0 Å². The Morgan fingerprint density at radius 3 is 2.20 bits per heavy atom. The fraction of sp³-hybridized carbons (Fsp3) is 0.371. The van der Waals surface area contributed by atoms with Crippen molar-refractivity contribution in [1.82, 2.24) is 4.90 Å². The summed E-state index contributed by atoms with van der Waals surface area (Å²) >= 11 is 0. The Kier molecular flexibility index (Phi) is 8.91. The number of hydrogen-bond donors (Lipinski definition) is 1. The van der Waals surface area contributed by atoms with Gasteiger partial charge in [0.15, 0.2) is 0 Å². The number of nitrogens with zero attached hydrogens (tertiary/aromatic N) is 1.